The summed E-state index contributed by atoms with van der Waals surface area (Å²) in [6.07, 6.45) is 3.11. The fraction of sp³-hybridized carbons (Fsp3) is 0.278. The van der Waals surface area contributed by atoms with Crippen molar-refractivity contribution in [1.82, 2.24) is 0 Å². The van der Waals surface area contributed by atoms with Crippen LogP contribution in [0.2, 0.25) is 0 Å². The van der Waals surface area contributed by atoms with Gasteiger partial charge in [-0.05, 0) is 66.8 Å². The highest BCUT2D eigenvalue weighted by Crippen LogP contribution is 2.28. The second-order valence-corrected chi connectivity index (χ2v) is 5.46. The number of ether oxygens (including phenoxy) is 1. The van der Waals surface area contributed by atoms with Gasteiger partial charge in [0.15, 0.2) is 0 Å². The summed E-state index contributed by atoms with van der Waals surface area (Å²) in [5.41, 5.74) is 5.78. The summed E-state index contributed by atoms with van der Waals surface area (Å²) < 4.78 is 5.87. The van der Waals surface area contributed by atoms with E-state index in [1.807, 2.05) is 12.1 Å². The zero-order valence-corrected chi connectivity index (χ0v) is 12.2. The molecule has 0 saturated heterocycles. The molecule has 0 bridgehead atoms. The first-order chi connectivity index (χ1) is 10.3. The number of aldehydes is 1. The predicted octanol–water partition coefficient (Wildman–Crippen LogP) is 3.74. The van der Waals surface area contributed by atoms with E-state index in [0.29, 0.717) is 12.2 Å². The molecular weight excluding hydrogens is 262 g/mol. The van der Waals surface area contributed by atoms with Gasteiger partial charge in [-0.25, -0.2) is 0 Å². The lowest BCUT2D eigenvalue weighted by Crippen LogP contribution is -2.14. The van der Waals surface area contributed by atoms with Gasteiger partial charge in [0.2, 0.25) is 0 Å². The van der Waals surface area contributed by atoms with E-state index in [-0.39, 0.29) is 0 Å². The van der Waals surface area contributed by atoms with Crippen molar-refractivity contribution in [3.8, 4) is 5.75 Å². The van der Waals surface area contributed by atoms with Gasteiger partial charge >= 0.3 is 0 Å². The molecule has 1 aliphatic heterocycles. The SMILES string of the molecule is Cc1cc(COc2ccc(C=O)cc2)c2c(c1)NCCC2. The molecule has 1 aliphatic rings. The van der Waals surface area contributed by atoms with Gasteiger partial charge in [-0.3, -0.25) is 4.79 Å². The van der Waals surface area contributed by atoms with Crippen LogP contribution in [-0.2, 0) is 13.0 Å². The van der Waals surface area contributed by atoms with Crippen LogP contribution in [0.5, 0.6) is 5.75 Å². The Labute approximate surface area is 124 Å². The van der Waals surface area contributed by atoms with Gasteiger partial charge in [-0.1, -0.05) is 6.07 Å². The molecule has 108 valence electrons. The number of aryl methyl sites for hydroxylation is 1. The number of nitrogens with one attached hydrogen (secondary N) is 1. The molecule has 3 heteroatoms. The van der Waals surface area contributed by atoms with E-state index < -0.39 is 0 Å². The van der Waals surface area contributed by atoms with Crippen LogP contribution >= 0.6 is 0 Å². The minimum atomic E-state index is 0.562. The third-order valence-electron chi connectivity index (χ3n) is 3.82. The molecule has 0 aliphatic carbocycles. The second kappa shape index (κ2) is 6.00. The van der Waals surface area contributed by atoms with E-state index in [1.54, 1.807) is 12.1 Å². The Balaban J connectivity index is 1.78. The molecule has 0 fully saturated rings. The van der Waals surface area contributed by atoms with Gasteiger partial charge in [0.25, 0.3) is 0 Å². The van der Waals surface area contributed by atoms with Crippen LogP contribution in [0.25, 0.3) is 0 Å². The first kappa shape index (κ1) is 13.7. The summed E-state index contributed by atoms with van der Waals surface area (Å²) in [4.78, 5) is 10.6. The largest absolute Gasteiger partial charge is 0.489 e. The van der Waals surface area contributed by atoms with E-state index in [4.69, 9.17) is 4.74 Å². The third kappa shape index (κ3) is 3.07. The molecule has 2 aromatic rings. The number of carbonyl (C=O) groups is 1. The standard InChI is InChI=1S/C18H19NO2/c1-13-9-15(17-3-2-8-19-18(17)10-13)12-21-16-6-4-14(11-20)5-7-16/h4-7,9-11,19H,2-3,8,12H2,1H3. The van der Waals surface area contributed by atoms with Crippen LogP contribution in [0, 0.1) is 6.92 Å². The summed E-state index contributed by atoms with van der Waals surface area (Å²) in [7, 11) is 0. The maximum Gasteiger partial charge on any atom is 0.150 e. The van der Waals surface area contributed by atoms with Gasteiger partial charge in [-0.15, -0.1) is 0 Å². The lowest BCUT2D eigenvalue weighted by molar-refractivity contribution is 0.112. The first-order valence-corrected chi connectivity index (χ1v) is 7.30. The first-order valence-electron chi connectivity index (χ1n) is 7.30. The summed E-state index contributed by atoms with van der Waals surface area (Å²) in [6.45, 7) is 3.72. The van der Waals surface area contributed by atoms with E-state index in [2.05, 4.69) is 24.4 Å². The number of hydrogen-bond acceptors (Lipinski definition) is 3. The predicted molar refractivity (Wildman–Crippen MR) is 84.2 cm³/mol. The van der Waals surface area contributed by atoms with Crippen LogP contribution in [0.1, 0.15) is 33.5 Å². The normalized spacial score (nSPS) is 13.2. The van der Waals surface area contributed by atoms with Crippen molar-refractivity contribution >= 4 is 12.0 Å². The molecular formula is C18H19NO2. The Morgan fingerprint density at radius 3 is 2.81 bits per heavy atom. The van der Waals surface area contributed by atoms with Gasteiger partial charge in [-0.2, -0.15) is 0 Å². The second-order valence-electron chi connectivity index (χ2n) is 5.46. The molecule has 0 aromatic heterocycles. The fourth-order valence-corrected chi connectivity index (χ4v) is 2.77. The van der Waals surface area contributed by atoms with Crippen molar-refractivity contribution < 1.29 is 9.53 Å². The molecule has 2 aromatic carbocycles. The number of rotatable bonds is 4. The van der Waals surface area contributed by atoms with Crippen molar-refractivity contribution in [2.45, 2.75) is 26.4 Å². The fourth-order valence-electron chi connectivity index (χ4n) is 2.77. The molecule has 0 unspecified atom stereocenters. The molecule has 1 heterocycles. The average molecular weight is 281 g/mol. The zero-order valence-electron chi connectivity index (χ0n) is 12.2. The van der Waals surface area contributed by atoms with Crippen LogP contribution in [0.15, 0.2) is 36.4 Å². The molecule has 0 spiro atoms. The molecule has 0 saturated carbocycles. The Morgan fingerprint density at radius 2 is 2.05 bits per heavy atom. The highest BCUT2D eigenvalue weighted by atomic mass is 16.5. The lowest BCUT2D eigenvalue weighted by atomic mass is 9.96. The Bertz CT molecular complexity index is 647. The summed E-state index contributed by atoms with van der Waals surface area (Å²) in [6, 6.07) is 11.6. The molecule has 3 nitrogen and oxygen atoms in total. The molecule has 21 heavy (non-hydrogen) atoms. The van der Waals surface area contributed by atoms with Crippen LogP contribution in [-0.4, -0.2) is 12.8 Å². The van der Waals surface area contributed by atoms with Crippen LogP contribution < -0.4 is 10.1 Å². The summed E-state index contributed by atoms with van der Waals surface area (Å²) in [5.74, 6) is 0.791. The number of benzene rings is 2. The molecule has 0 atom stereocenters. The van der Waals surface area contributed by atoms with E-state index in [1.165, 1.54) is 22.4 Å². The highest BCUT2D eigenvalue weighted by Gasteiger charge is 2.14. The van der Waals surface area contributed by atoms with Crippen LogP contribution in [0.4, 0.5) is 5.69 Å². The maximum atomic E-state index is 10.6. The summed E-state index contributed by atoms with van der Waals surface area (Å²) in [5, 5.41) is 3.46. The van der Waals surface area contributed by atoms with Crippen molar-refractivity contribution in [2.24, 2.45) is 0 Å². The van der Waals surface area contributed by atoms with Crippen LogP contribution in [0.3, 0.4) is 0 Å². The van der Waals surface area contributed by atoms with E-state index in [0.717, 1.165) is 31.4 Å². The lowest BCUT2D eigenvalue weighted by Gasteiger charge is -2.22. The monoisotopic (exact) mass is 281 g/mol. The molecule has 1 N–H and O–H groups in total. The number of carbonyl (C=O) groups excluding carboxylic acids is 1. The number of fused-ring (bicyclic) bond motifs is 1. The van der Waals surface area contributed by atoms with Crippen molar-refractivity contribution in [1.29, 1.82) is 0 Å². The molecule has 0 amide bonds. The smallest absolute Gasteiger partial charge is 0.150 e. The molecule has 0 radical (unpaired) electrons. The summed E-state index contributed by atoms with van der Waals surface area (Å²) >= 11 is 0. The van der Waals surface area contributed by atoms with Crippen molar-refractivity contribution in [3.63, 3.8) is 0 Å². The van der Waals surface area contributed by atoms with Crippen molar-refractivity contribution in [2.75, 3.05) is 11.9 Å². The van der Waals surface area contributed by atoms with E-state index >= 15 is 0 Å². The minimum absolute atomic E-state index is 0.562. The Kier molecular flexibility index (Phi) is 3.91. The number of anilines is 1. The Hall–Kier alpha value is -2.29. The zero-order chi connectivity index (χ0) is 14.7. The molecule has 3 rings (SSSR count). The average Bonchev–Trinajstić information content (AvgIpc) is 2.53. The quantitative estimate of drug-likeness (QED) is 0.867. The van der Waals surface area contributed by atoms with Crippen molar-refractivity contribution in [3.05, 3.63) is 58.7 Å². The third-order valence-corrected chi connectivity index (χ3v) is 3.82. The van der Waals surface area contributed by atoms with E-state index in [9.17, 15) is 4.79 Å². The highest BCUT2D eigenvalue weighted by molar-refractivity contribution is 5.74. The van der Waals surface area contributed by atoms with Gasteiger partial charge in [0.05, 0.1) is 0 Å². The maximum absolute atomic E-state index is 10.6. The Morgan fingerprint density at radius 1 is 1.24 bits per heavy atom. The topological polar surface area (TPSA) is 38.3 Å². The van der Waals surface area contributed by atoms with Gasteiger partial charge in [0, 0.05) is 17.8 Å². The van der Waals surface area contributed by atoms with Gasteiger partial charge in [0.1, 0.15) is 18.6 Å². The van der Waals surface area contributed by atoms with Gasteiger partial charge < -0.3 is 10.1 Å². The minimum Gasteiger partial charge on any atom is -0.489 e. The number of hydrogen-bond donors (Lipinski definition) is 1.